The van der Waals surface area contributed by atoms with E-state index in [1.54, 1.807) is 20.4 Å². The van der Waals surface area contributed by atoms with Gasteiger partial charge in [-0.15, -0.1) is 8.80 Å². The largest absolute Gasteiger partial charge is 0.516 e. The Morgan fingerprint density at radius 1 is 1.10 bits per heavy atom. The number of amides is 1. The van der Waals surface area contributed by atoms with Crippen molar-refractivity contribution in [2.24, 2.45) is 14.7 Å². The second-order valence-electron chi connectivity index (χ2n) is 8.69. The van der Waals surface area contributed by atoms with Crippen LogP contribution in [0.2, 0.25) is 0 Å². The second kappa shape index (κ2) is 30.7. The van der Waals surface area contributed by atoms with Crippen LogP contribution >= 0.6 is 0 Å². The number of hydrogen-bond donors (Lipinski definition) is 3. The fourth-order valence-electron chi connectivity index (χ4n) is 2.08. The molecule has 0 fully saturated rings. The molecule has 2 rings (SSSR count). The fraction of sp³-hybridized carbons (Fsp3) is 0.633. The van der Waals surface area contributed by atoms with E-state index in [4.69, 9.17) is 9.52 Å². The smallest absolute Gasteiger partial charge is 0.269 e. The normalized spacial score (nSPS) is 13.5. The van der Waals surface area contributed by atoms with Crippen LogP contribution in [0.25, 0.3) is 0 Å². The molecule has 1 aliphatic heterocycles. The van der Waals surface area contributed by atoms with Crippen molar-refractivity contribution in [1.82, 2.24) is 15.5 Å². The van der Waals surface area contributed by atoms with Gasteiger partial charge in [0.2, 0.25) is 6.41 Å². The van der Waals surface area contributed by atoms with Crippen LogP contribution in [0, 0.1) is 5.92 Å². The van der Waals surface area contributed by atoms with Crippen molar-refractivity contribution in [3.05, 3.63) is 47.3 Å². The lowest BCUT2D eigenvalue weighted by molar-refractivity contribution is -0.115. The first-order valence-electron chi connectivity index (χ1n) is 14.2. The first kappa shape index (κ1) is 44.1. The molecule has 1 amide bonds. The highest BCUT2D eigenvalue weighted by molar-refractivity contribution is 7.83. The number of hydrogen-bond acceptors (Lipinski definition) is 6. The molecule has 0 bridgehead atoms. The molecule has 0 aromatic carbocycles. The van der Waals surface area contributed by atoms with Gasteiger partial charge < -0.3 is 25.1 Å². The van der Waals surface area contributed by atoms with E-state index in [0.29, 0.717) is 24.1 Å². The molecule has 10 heteroatoms. The summed E-state index contributed by atoms with van der Waals surface area (Å²) >= 11 is -1.57. The van der Waals surface area contributed by atoms with Crippen LogP contribution in [-0.4, -0.2) is 46.4 Å². The standard InChI is InChI=1S/C15H22N4O2S.C5H10O.C3H7NO.C3H8.2C2H6/c1-5-11(4)17-15-14(18-22(20)19-15)16-8-13-7-12(9-21-13)6-10(2)3;1-3-5(2)4-6;1-4(2)3-5;1-3-2;2*1-2/h5,7,9-10H,6,8H2,1-4H3,(H,16,18)(H,17,19);4,6H,3H2,1-2H3;3H,1-2H3;3H2,1-2H3;2*1-2H3/b11-5+;5-4+;;;;. The SMILES string of the molecule is C/C=C(\C)NC1=NS(=O)N=C1NCc1cc(CC(C)C)co1.CC.CC.CC/C(C)=C/O.CCC.CN(C)C=O. The van der Waals surface area contributed by atoms with E-state index >= 15 is 0 Å². The number of nitrogens with one attached hydrogen (secondary N) is 2. The average Bonchev–Trinajstić information content (AvgIpc) is 3.54. The summed E-state index contributed by atoms with van der Waals surface area (Å²) in [7, 11) is 3.38. The maximum Gasteiger partial charge on any atom is 0.269 e. The van der Waals surface area contributed by atoms with Gasteiger partial charge in [-0.2, -0.15) is 0 Å². The van der Waals surface area contributed by atoms with E-state index in [0.717, 1.165) is 42.5 Å². The maximum atomic E-state index is 11.5. The zero-order valence-electron chi connectivity index (χ0n) is 27.7. The van der Waals surface area contributed by atoms with Gasteiger partial charge in [0.1, 0.15) is 5.76 Å². The topological polar surface area (TPSA) is 120 Å². The summed E-state index contributed by atoms with van der Waals surface area (Å²) in [5.74, 6) is 2.38. The van der Waals surface area contributed by atoms with Crippen molar-refractivity contribution in [1.29, 1.82) is 0 Å². The fourth-order valence-corrected chi connectivity index (χ4v) is 2.72. The van der Waals surface area contributed by atoms with E-state index in [1.807, 2.05) is 67.5 Å². The van der Waals surface area contributed by atoms with E-state index in [-0.39, 0.29) is 0 Å². The Hall–Kier alpha value is -2.88. The van der Waals surface area contributed by atoms with Crippen LogP contribution in [0.4, 0.5) is 0 Å². The minimum absolute atomic E-state index is 0.476. The summed E-state index contributed by atoms with van der Waals surface area (Å²) in [6.45, 7) is 24.8. The number of amidine groups is 2. The molecule has 0 radical (unpaired) electrons. The highest BCUT2D eigenvalue weighted by atomic mass is 32.2. The van der Waals surface area contributed by atoms with Gasteiger partial charge in [0.05, 0.1) is 19.1 Å². The molecular formula is C30H59N5O4S. The maximum absolute atomic E-state index is 11.5. The molecule has 1 unspecified atom stereocenters. The number of allylic oxidation sites excluding steroid dienone is 3. The molecule has 0 aliphatic carbocycles. The van der Waals surface area contributed by atoms with E-state index in [1.165, 1.54) is 16.9 Å². The number of aliphatic hydroxyl groups excluding tert-OH is 1. The molecule has 0 spiro atoms. The number of rotatable bonds is 7. The van der Waals surface area contributed by atoms with Crippen molar-refractivity contribution in [2.75, 3.05) is 14.1 Å². The van der Waals surface area contributed by atoms with Gasteiger partial charge in [0, 0.05) is 19.8 Å². The summed E-state index contributed by atoms with van der Waals surface area (Å²) in [6.07, 6.45) is 8.76. The first-order chi connectivity index (χ1) is 19.0. The summed E-state index contributed by atoms with van der Waals surface area (Å²) in [6, 6.07) is 2.03. The Bertz CT molecular complexity index is 888. The number of carbonyl (C=O) groups is 1. The predicted octanol–water partition coefficient (Wildman–Crippen LogP) is 7.50. The van der Waals surface area contributed by atoms with Gasteiger partial charge in [0.15, 0.2) is 11.7 Å². The Morgan fingerprint density at radius 3 is 1.98 bits per heavy atom. The monoisotopic (exact) mass is 585 g/mol. The number of nitrogens with zero attached hydrogens (tertiary/aromatic N) is 3. The third kappa shape index (κ3) is 26.7. The van der Waals surface area contributed by atoms with Gasteiger partial charge in [-0.3, -0.25) is 4.79 Å². The van der Waals surface area contributed by atoms with Crippen LogP contribution in [0.5, 0.6) is 0 Å². The Kier molecular flexibility index (Phi) is 33.8. The molecular weight excluding hydrogens is 526 g/mol. The van der Waals surface area contributed by atoms with Crippen molar-refractivity contribution < 1.29 is 18.5 Å². The van der Waals surface area contributed by atoms with Crippen molar-refractivity contribution >= 4 is 29.3 Å². The first-order valence-corrected chi connectivity index (χ1v) is 15.2. The van der Waals surface area contributed by atoms with E-state index in [2.05, 4.69) is 47.1 Å². The second-order valence-corrected chi connectivity index (χ2v) is 9.51. The zero-order chi connectivity index (χ0) is 32.1. The quantitative estimate of drug-likeness (QED) is 0.225. The molecule has 40 heavy (non-hydrogen) atoms. The number of aliphatic hydroxyl groups is 1. The van der Waals surface area contributed by atoms with Crippen molar-refractivity contribution in [3.8, 4) is 0 Å². The van der Waals surface area contributed by atoms with Gasteiger partial charge in [-0.25, -0.2) is 4.21 Å². The van der Waals surface area contributed by atoms with Gasteiger partial charge >= 0.3 is 0 Å². The van der Waals surface area contributed by atoms with Crippen molar-refractivity contribution in [3.63, 3.8) is 0 Å². The van der Waals surface area contributed by atoms with Gasteiger partial charge in [0.25, 0.3) is 11.2 Å². The lowest BCUT2D eigenvalue weighted by atomic mass is 10.1. The molecule has 1 atom stereocenters. The molecule has 2 heterocycles. The molecule has 3 N–H and O–H groups in total. The average molecular weight is 586 g/mol. The molecule has 0 saturated heterocycles. The Morgan fingerprint density at radius 2 is 1.60 bits per heavy atom. The molecule has 9 nitrogen and oxygen atoms in total. The zero-order valence-corrected chi connectivity index (χ0v) is 28.5. The third-order valence-corrected chi connectivity index (χ3v) is 4.76. The van der Waals surface area contributed by atoms with Crippen LogP contribution in [0.15, 0.2) is 49.2 Å². The lowest BCUT2D eigenvalue weighted by Crippen LogP contribution is -2.37. The number of furan rings is 1. The lowest BCUT2D eigenvalue weighted by Gasteiger charge is -2.08. The number of carbonyl (C=O) groups excluding carboxylic acids is 1. The summed E-state index contributed by atoms with van der Waals surface area (Å²) < 4.78 is 24.9. The van der Waals surface area contributed by atoms with E-state index in [9.17, 15) is 9.00 Å². The highest BCUT2D eigenvalue weighted by Crippen LogP contribution is 2.13. The molecule has 1 aromatic heterocycles. The van der Waals surface area contributed by atoms with E-state index < -0.39 is 11.2 Å². The minimum atomic E-state index is -1.57. The van der Waals surface area contributed by atoms with Crippen LogP contribution in [0.3, 0.4) is 0 Å². The molecule has 1 aliphatic rings. The molecule has 1 aromatic rings. The van der Waals surface area contributed by atoms with Gasteiger partial charge in [-0.05, 0) is 56.7 Å². The van der Waals surface area contributed by atoms with Crippen LogP contribution in [-0.2, 0) is 28.9 Å². The summed E-state index contributed by atoms with van der Waals surface area (Å²) in [5, 5.41) is 14.4. The van der Waals surface area contributed by atoms with Crippen LogP contribution in [0.1, 0.15) is 107 Å². The summed E-state index contributed by atoms with van der Waals surface area (Å²) in [5.41, 5.74) is 3.12. The molecule has 234 valence electrons. The predicted molar refractivity (Wildman–Crippen MR) is 175 cm³/mol. The molecule has 0 saturated carbocycles. The van der Waals surface area contributed by atoms with Crippen LogP contribution < -0.4 is 10.6 Å². The summed E-state index contributed by atoms with van der Waals surface area (Å²) in [4.78, 5) is 10.9. The minimum Gasteiger partial charge on any atom is -0.516 e. The Labute approximate surface area is 248 Å². The Balaban J connectivity index is -0.000000296. The van der Waals surface area contributed by atoms with Crippen molar-refractivity contribution in [2.45, 2.75) is 109 Å². The van der Waals surface area contributed by atoms with Gasteiger partial charge in [-0.1, -0.05) is 74.8 Å². The highest BCUT2D eigenvalue weighted by Gasteiger charge is 2.19. The third-order valence-electron chi connectivity index (χ3n) is 4.08.